The van der Waals surface area contributed by atoms with Crippen molar-refractivity contribution in [1.29, 1.82) is 0 Å². The van der Waals surface area contributed by atoms with E-state index in [2.05, 4.69) is 0 Å². The van der Waals surface area contributed by atoms with E-state index in [1.165, 1.54) is 37.4 Å². The number of halogens is 1. The van der Waals surface area contributed by atoms with Gasteiger partial charge < -0.3 is 10.0 Å². The lowest BCUT2D eigenvalue weighted by Crippen LogP contribution is -2.26. The van der Waals surface area contributed by atoms with E-state index in [0.29, 0.717) is 0 Å². The predicted molar refractivity (Wildman–Crippen MR) is 73.9 cm³/mol. The number of nitro benzene ring substituents is 1. The summed E-state index contributed by atoms with van der Waals surface area (Å²) >= 11 is 0. The molecule has 21 heavy (non-hydrogen) atoms. The highest BCUT2D eigenvalue weighted by Gasteiger charge is 2.17. The van der Waals surface area contributed by atoms with Gasteiger partial charge in [-0.2, -0.15) is 0 Å². The molecule has 2 rings (SSSR count). The van der Waals surface area contributed by atoms with Crippen LogP contribution in [0.1, 0.15) is 10.4 Å². The summed E-state index contributed by atoms with van der Waals surface area (Å²) in [6.07, 6.45) is 0. The standard InChI is InChI=1S/C14H11FN2O4/c1-16(12-7-4-10(15)8-13(12)18)14(19)9-2-5-11(6-3-9)17(20)21/h2-8,18H,1H3. The molecule has 0 unspecified atom stereocenters. The average molecular weight is 290 g/mol. The van der Waals surface area contributed by atoms with Crippen LogP contribution < -0.4 is 4.90 Å². The molecule has 1 amide bonds. The number of nitrogens with zero attached hydrogens (tertiary/aromatic N) is 2. The van der Waals surface area contributed by atoms with Crippen molar-refractivity contribution in [1.82, 2.24) is 0 Å². The molecule has 0 aliphatic carbocycles. The fraction of sp³-hybridized carbons (Fsp3) is 0.0714. The number of phenols is 1. The first-order chi connectivity index (χ1) is 9.90. The molecule has 108 valence electrons. The third-order valence-electron chi connectivity index (χ3n) is 2.93. The second kappa shape index (κ2) is 5.58. The molecule has 0 saturated carbocycles. The number of hydrogen-bond donors (Lipinski definition) is 1. The van der Waals surface area contributed by atoms with Gasteiger partial charge in [-0.15, -0.1) is 0 Å². The Balaban J connectivity index is 2.28. The van der Waals surface area contributed by atoms with E-state index in [1.54, 1.807) is 0 Å². The molecule has 7 heteroatoms. The van der Waals surface area contributed by atoms with Gasteiger partial charge in [-0.3, -0.25) is 14.9 Å². The first-order valence-electron chi connectivity index (χ1n) is 5.91. The molecule has 2 aromatic rings. The number of carbonyl (C=O) groups excluding carboxylic acids is 1. The maximum absolute atomic E-state index is 12.9. The number of nitro groups is 1. The highest BCUT2D eigenvalue weighted by Crippen LogP contribution is 2.28. The monoisotopic (exact) mass is 290 g/mol. The molecule has 0 spiro atoms. The SMILES string of the molecule is CN(C(=O)c1ccc([N+](=O)[O-])cc1)c1ccc(F)cc1O. The topological polar surface area (TPSA) is 83.7 Å². The lowest BCUT2D eigenvalue weighted by molar-refractivity contribution is -0.384. The van der Waals surface area contributed by atoms with Crippen LogP contribution >= 0.6 is 0 Å². The van der Waals surface area contributed by atoms with E-state index >= 15 is 0 Å². The summed E-state index contributed by atoms with van der Waals surface area (Å²) in [5.41, 5.74) is 0.227. The molecule has 0 fully saturated rings. The largest absolute Gasteiger partial charge is 0.506 e. The van der Waals surface area contributed by atoms with Crippen LogP contribution in [0.5, 0.6) is 5.75 Å². The molecule has 0 bridgehead atoms. The minimum absolute atomic E-state index is 0.126. The van der Waals surface area contributed by atoms with E-state index in [0.717, 1.165) is 17.0 Å². The fourth-order valence-electron chi connectivity index (χ4n) is 1.81. The Morgan fingerprint density at radius 3 is 2.38 bits per heavy atom. The van der Waals surface area contributed by atoms with Gasteiger partial charge in [-0.25, -0.2) is 4.39 Å². The molecule has 0 aromatic heterocycles. The van der Waals surface area contributed by atoms with Crippen molar-refractivity contribution in [2.24, 2.45) is 0 Å². The molecule has 0 aliphatic heterocycles. The van der Waals surface area contributed by atoms with Gasteiger partial charge in [-0.05, 0) is 24.3 Å². The Kier molecular flexibility index (Phi) is 3.84. The van der Waals surface area contributed by atoms with Gasteiger partial charge in [0.1, 0.15) is 11.6 Å². The Morgan fingerprint density at radius 1 is 1.24 bits per heavy atom. The number of benzene rings is 2. The van der Waals surface area contributed by atoms with Gasteiger partial charge in [0.15, 0.2) is 0 Å². The normalized spacial score (nSPS) is 10.2. The Morgan fingerprint density at radius 2 is 1.86 bits per heavy atom. The van der Waals surface area contributed by atoms with E-state index in [1.807, 2.05) is 0 Å². The van der Waals surface area contributed by atoms with Crippen molar-refractivity contribution in [3.05, 3.63) is 64.0 Å². The van der Waals surface area contributed by atoms with Gasteiger partial charge in [0, 0.05) is 30.8 Å². The number of non-ortho nitro benzene ring substituents is 1. The summed E-state index contributed by atoms with van der Waals surface area (Å²) in [5, 5.41) is 20.2. The van der Waals surface area contributed by atoms with Crippen molar-refractivity contribution in [2.45, 2.75) is 0 Å². The number of rotatable bonds is 3. The summed E-state index contributed by atoms with van der Waals surface area (Å²) in [6.45, 7) is 0. The summed E-state index contributed by atoms with van der Waals surface area (Å²) in [4.78, 5) is 23.3. The molecular weight excluding hydrogens is 279 g/mol. The minimum atomic E-state index is -0.618. The van der Waals surface area contributed by atoms with Gasteiger partial charge in [0.25, 0.3) is 11.6 Å². The summed E-state index contributed by atoms with van der Waals surface area (Å²) < 4.78 is 12.9. The quantitative estimate of drug-likeness (QED) is 0.695. The lowest BCUT2D eigenvalue weighted by Gasteiger charge is -2.18. The summed E-state index contributed by atoms with van der Waals surface area (Å²) in [5.74, 6) is -1.47. The fourth-order valence-corrected chi connectivity index (χ4v) is 1.81. The number of phenolic OH excluding ortho intramolecular Hbond substituents is 1. The maximum Gasteiger partial charge on any atom is 0.269 e. The number of hydrogen-bond acceptors (Lipinski definition) is 4. The zero-order valence-electron chi connectivity index (χ0n) is 11.0. The third kappa shape index (κ3) is 2.97. The molecule has 6 nitrogen and oxygen atoms in total. The van der Waals surface area contributed by atoms with Crippen molar-refractivity contribution < 1.29 is 19.2 Å². The first-order valence-corrected chi connectivity index (χ1v) is 5.91. The van der Waals surface area contributed by atoms with Gasteiger partial charge in [0.05, 0.1) is 10.6 Å². The van der Waals surface area contributed by atoms with Crippen LogP contribution in [0.2, 0.25) is 0 Å². The van der Waals surface area contributed by atoms with Crippen molar-refractivity contribution in [2.75, 3.05) is 11.9 Å². The Hall–Kier alpha value is -2.96. The van der Waals surface area contributed by atoms with Crippen LogP contribution in [0.3, 0.4) is 0 Å². The van der Waals surface area contributed by atoms with Crippen LogP contribution in [0.4, 0.5) is 15.8 Å². The molecule has 0 saturated heterocycles. The summed E-state index contributed by atoms with van der Waals surface area (Å²) in [7, 11) is 1.41. The van der Waals surface area contributed by atoms with E-state index in [4.69, 9.17) is 0 Å². The van der Waals surface area contributed by atoms with Crippen molar-refractivity contribution >= 4 is 17.3 Å². The van der Waals surface area contributed by atoms with Crippen LogP contribution in [0.25, 0.3) is 0 Å². The maximum atomic E-state index is 12.9. The molecule has 1 N–H and O–H groups in total. The third-order valence-corrected chi connectivity index (χ3v) is 2.93. The summed E-state index contributed by atoms with van der Waals surface area (Å²) in [6, 6.07) is 8.35. The number of aromatic hydroxyl groups is 1. The van der Waals surface area contributed by atoms with Crippen LogP contribution in [0.15, 0.2) is 42.5 Å². The highest BCUT2D eigenvalue weighted by atomic mass is 19.1. The van der Waals surface area contributed by atoms with E-state index in [-0.39, 0.29) is 22.7 Å². The Labute approximate surface area is 119 Å². The van der Waals surface area contributed by atoms with E-state index in [9.17, 15) is 24.4 Å². The zero-order chi connectivity index (χ0) is 15.6. The highest BCUT2D eigenvalue weighted by molar-refractivity contribution is 6.06. The van der Waals surface area contributed by atoms with Crippen LogP contribution in [-0.4, -0.2) is 23.0 Å². The molecule has 2 aromatic carbocycles. The van der Waals surface area contributed by atoms with Gasteiger partial charge in [-0.1, -0.05) is 0 Å². The number of amides is 1. The second-order valence-corrected chi connectivity index (χ2v) is 4.30. The van der Waals surface area contributed by atoms with E-state index < -0.39 is 16.6 Å². The molecule has 0 aliphatic rings. The minimum Gasteiger partial charge on any atom is -0.506 e. The number of carbonyl (C=O) groups is 1. The van der Waals surface area contributed by atoms with Crippen molar-refractivity contribution in [3.63, 3.8) is 0 Å². The van der Waals surface area contributed by atoms with Gasteiger partial charge in [0.2, 0.25) is 0 Å². The van der Waals surface area contributed by atoms with Crippen LogP contribution in [0, 0.1) is 15.9 Å². The predicted octanol–water partition coefficient (Wildman–Crippen LogP) is 2.72. The smallest absolute Gasteiger partial charge is 0.269 e. The Bertz CT molecular complexity index is 701. The average Bonchev–Trinajstić information content (AvgIpc) is 2.46. The van der Waals surface area contributed by atoms with Gasteiger partial charge >= 0.3 is 0 Å². The van der Waals surface area contributed by atoms with Crippen molar-refractivity contribution in [3.8, 4) is 5.75 Å². The lowest BCUT2D eigenvalue weighted by atomic mass is 10.1. The molecule has 0 atom stereocenters. The second-order valence-electron chi connectivity index (χ2n) is 4.30. The van der Waals surface area contributed by atoms with Crippen LogP contribution in [-0.2, 0) is 0 Å². The first kappa shape index (κ1) is 14.4. The number of anilines is 1. The molecule has 0 heterocycles. The molecular formula is C14H11FN2O4. The molecule has 0 radical (unpaired) electrons. The zero-order valence-corrected chi connectivity index (χ0v) is 11.0.